The topological polar surface area (TPSA) is 57.6 Å². The number of hydrogen-bond donors (Lipinski definition) is 1. The maximum atomic E-state index is 12.0. The highest BCUT2D eigenvalue weighted by atomic mass is 32.1. The van der Waals surface area contributed by atoms with Crippen molar-refractivity contribution in [2.24, 2.45) is 5.92 Å². The fraction of sp³-hybridized carbons (Fsp3) is 0.500. The van der Waals surface area contributed by atoms with Gasteiger partial charge in [-0.15, -0.1) is 0 Å². The lowest BCUT2D eigenvalue weighted by Crippen LogP contribution is -2.39. The first-order valence-corrected chi connectivity index (χ1v) is 6.58. The normalized spacial score (nSPS) is 16.5. The van der Waals surface area contributed by atoms with Gasteiger partial charge in [-0.3, -0.25) is 9.59 Å². The van der Waals surface area contributed by atoms with Crippen molar-refractivity contribution in [1.29, 1.82) is 0 Å². The van der Waals surface area contributed by atoms with Crippen LogP contribution >= 0.6 is 11.3 Å². The van der Waals surface area contributed by atoms with Crippen LogP contribution in [0.25, 0.3) is 0 Å². The summed E-state index contributed by atoms with van der Waals surface area (Å²) < 4.78 is 0. The first-order valence-electron chi connectivity index (χ1n) is 5.64. The van der Waals surface area contributed by atoms with E-state index < -0.39 is 11.9 Å². The van der Waals surface area contributed by atoms with Gasteiger partial charge in [-0.2, -0.15) is 11.3 Å². The minimum Gasteiger partial charge on any atom is -0.481 e. The zero-order valence-corrected chi connectivity index (χ0v) is 10.4. The summed E-state index contributed by atoms with van der Waals surface area (Å²) >= 11 is 1.59. The molecule has 1 unspecified atom stereocenters. The van der Waals surface area contributed by atoms with E-state index in [0.717, 1.165) is 18.4 Å². The number of aliphatic carboxylic acids is 1. The first kappa shape index (κ1) is 12.1. The van der Waals surface area contributed by atoms with Gasteiger partial charge in [0.25, 0.3) is 0 Å². The summed E-state index contributed by atoms with van der Waals surface area (Å²) in [4.78, 5) is 24.6. The minimum absolute atomic E-state index is 0.240. The molecule has 1 fully saturated rings. The summed E-state index contributed by atoms with van der Waals surface area (Å²) in [6.07, 6.45) is 1.98. The van der Waals surface area contributed by atoms with E-state index in [4.69, 9.17) is 5.11 Å². The molecular formula is C12H15NO3S. The summed E-state index contributed by atoms with van der Waals surface area (Å²) in [7, 11) is 0. The highest BCUT2D eigenvalue weighted by Gasteiger charge is 2.36. The summed E-state index contributed by atoms with van der Waals surface area (Å²) in [6, 6.07) is 2.21. The van der Waals surface area contributed by atoms with E-state index in [0.29, 0.717) is 6.54 Å². The van der Waals surface area contributed by atoms with Gasteiger partial charge in [0.15, 0.2) is 0 Å². The van der Waals surface area contributed by atoms with Gasteiger partial charge in [-0.25, -0.2) is 0 Å². The minimum atomic E-state index is -1.05. The number of nitrogens with zero attached hydrogens (tertiary/aromatic N) is 1. The number of carbonyl (C=O) groups excluding carboxylic acids is 1. The molecule has 1 aliphatic carbocycles. The lowest BCUT2D eigenvalue weighted by atomic mass is 10.1. The second-order valence-corrected chi connectivity index (χ2v) is 5.17. The molecule has 1 aromatic rings. The average molecular weight is 253 g/mol. The Kier molecular flexibility index (Phi) is 3.47. The number of amides is 1. The monoisotopic (exact) mass is 253 g/mol. The molecule has 1 N–H and O–H groups in total. The van der Waals surface area contributed by atoms with Crippen molar-refractivity contribution in [2.45, 2.75) is 32.4 Å². The van der Waals surface area contributed by atoms with E-state index in [9.17, 15) is 9.59 Å². The molecule has 1 amide bonds. The number of carbonyl (C=O) groups is 2. The van der Waals surface area contributed by atoms with Gasteiger partial charge in [-0.1, -0.05) is 0 Å². The Balaban J connectivity index is 2.07. The Bertz CT molecular complexity index is 411. The number of hydrogen-bond acceptors (Lipinski definition) is 3. The fourth-order valence-corrected chi connectivity index (χ4v) is 2.37. The van der Waals surface area contributed by atoms with Crippen molar-refractivity contribution >= 4 is 23.2 Å². The molecule has 1 aliphatic rings. The summed E-state index contributed by atoms with van der Waals surface area (Å²) in [5.74, 6) is -2.27. The van der Waals surface area contributed by atoms with Crippen molar-refractivity contribution in [3.05, 3.63) is 22.4 Å². The second kappa shape index (κ2) is 4.87. The molecule has 1 saturated carbocycles. The standard InChI is InChI=1S/C12H15NO3S/c1-8(12(15)16)11(14)13(10-2-3-10)6-9-4-5-17-7-9/h4-5,7-8,10H,2-3,6H2,1H3,(H,15,16). The molecule has 0 aromatic carbocycles. The molecule has 1 atom stereocenters. The maximum Gasteiger partial charge on any atom is 0.315 e. The van der Waals surface area contributed by atoms with E-state index >= 15 is 0 Å². The number of carboxylic acid groups (broad SMARTS) is 1. The van der Waals surface area contributed by atoms with Crippen molar-refractivity contribution < 1.29 is 14.7 Å². The fourth-order valence-electron chi connectivity index (χ4n) is 1.71. The number of carboxylic acids is 1. The number of rotatable bonds is 5. The molecule has 17 heavy (non-hydrogen) atoms. The maximum absolute atomic E-state index is 12.0. The molecule has 2 rings (SSSR count). The Morgan fingerprint density at radius 3 is 2.76 bits per heavy atom. The predicted octanol–water partition coefficient (Wildman–Crippen LogP) is 1.96. The van der Waals surface area contributed by atoms with E-state index in [-0.39, 0.29) is 11.9 Å². The molecular weight excluding hydrogens is 238 g/mol. The molecule has 0 bridgehead atoms. The van der Waals surface area contributed by atoms with Crippen LogP contribution < -0.4 is 0 Å². The third kappa shape index (κ3) is 2.85. The van der Waals surface area contributed by atoms with Gasteiger partial charge in [0.1, 0.15) is 5.92 Å². The van der Waals surface area contributed by atoms with Crippen LogP contribution in [0.2, 0.25) is 0 Å². The van der Waals surface area contributed by atoms with Crippen LogP contribution in [0.5, 0.6) is 0 Å². The molecule has 0 radical (unpaired) electrons. The lowest BCUT2D eigenvalue weighted by molar-refractivity contribution is -0.150. The third-order valence-corrected chi connectivity index (χ3v) is 3.68. The van der Waals surface area contributed by atoms with E-state index in [1.165, 1.54) is 6.92 Å². The van der Waals surface area contributed by atoms with Gasteiger partial charge in [0, 0.05) is 12.6 Å². The SMILES string of the molecule is CC(C(=O)O)C(=O)N(Cc1ccsc1)C1CC1. The molecule has 0 spiro atoms. The Labute approximate surface area is 104 Å². The smallest absolute Gasteiger partial charge is 0.315 e. The largest absolute Gasteiger partial charge is 0.481 e. The van der Waals surface area contributed by atoms with E-state index in [2.05, 4.69) is 0 Å². The van der Waals surface area contributed by atoms with Crippen LogP contribution in [0.4, 0.5) is 0 Å². The summed E-state index contributed by atoms with van der Waals surface area (Å²) in [6.45, 7) is 1.98. The molecule has 1 heterocycles. The molecule has 1 aromatic heterocycles. The van der Waals surface area contributed by atoms with Crippen LogP contribution in [-0.4, -0.2) is 27.9 Å². The van der Waals surface area contributed by atoms with Crippen molar-refractivity contribution in [3.63, 3.8) is 0 Å². The zero-order chi connectivity index (χ0) is 12.4. The molecule has 4 nitrogen and oxygen atoms in total. The van der Waals surface area contributed by atoms with Gasteiger partial charge in [0.05, 0.1) is 0 Å². The van der Waals surface area contributed by atoms with Crippen LogP contribution in [0.15, 0.2) is 16.8 Å². The Morgan fingerprint density at radius 2 is 2.29 bits per heavy atom. The van der Waals surface area contributed by atoms with Crippen LogP contribution in [0, 0.1) is 5.92 Å². The summed E-state index contributed by atoms with van der Waals surface area (Å²) in [5.41, 5.74) is 1.08. The zero-order valence-electron chi connectivity index (χ0n) is 9.63. The molecule has 92 valence electrons. The number of thiophene rings is 1. The van der Waals surface area contributed by atoms with Crippen molar-refractivity contribution in [2.75, 3.05) is 0 Å². The predicted molar refractivity (Wildman–Crippen MR) is 64.7 cm³/mol. The first-order chi connectivity index (χ1) is 8.09. The summed E-state index contributed by atoms with van der Waals surface area (Å²) in [5, 5.41) is 12.8. The second-order valence-electron chi connectivity index (χ2n) is 4.39. The average Bonchev–Trinajstić information content (AvgIpc) is 3.01. The van der Waals surface area contributed by atoms with Gasteiger partial charge >= 0.3 is 5.97 Å². The quantitative estimate of drug-likeness (QED) is 0.816. The van der Waals surface area contributed by atoms with Crippen molar-refractivity contribution in [1.82, 2.24) is 4.90 Å². The lowest BCUT2D eigenvalue weighted by Gasteiger charge is -2.23. The van der Waals surface area contributed by atoms with Crippen LogP contribution in [-0.2, 0) is 16.1 Å². The molecule has 0 aliphatic heterocycles. The van der Waals surface area contributed by atoms with Crippen molar-refractivity contribution in [3.8, 4) is 0 Å². The molecule has 0 saturated heterocycles. The van der Waals surface area contributed by atoms with Gasteiger partial charge in [0.2, 0.25) is 5.91 Å². The van der Waals surface area contributed by atoms with E-state index in [1.54, 1.807) is 16.2 Å². The van der Waals surface area contributed by atoms with Gasteiger partial charge < -0.3 is 10.0 Å². The Hall–Kier alpha value is -1.36. The van der Waals surface area contributed by atoms with E-state index in [1.807, 2.05) is 16.8 Å². The van der Waals surface area contributed by atoms with Crippen LogP contribution in [0.1, 0.15) is 25.3 Å². The third-order valence-electron chi connectivity index (χ3n) is 2.94. The van der Waals surface area contributed by atoms with Gasteiger partial charge in [-0.05, 0) is 42.2 Å². The van der Waals surface area contributed by atoms with Crippen LogP contribution in [0.3, 0.4) is 0 Å². The Morgan fingerprint density at radius 1 is 1.59 bits per heavy atom. The highest BCUT2D eigenvalue weighted by Crippen LogP contribution is 2.30. The molecule has 5 heteroatoms. The highest BCUT2D eigenvalue weighted by molar-refractivity contribution is 7.07.